The third-order valence-electron chi connectivity index (χ3n) is 4.22. The van der Waals surface area contributed by atoms with Crippen molar-refractivity contribution in [1.29, 1.82) is 0 Å². The number of hydrogen-bond acceptors (Lipinski definition) is 6. The molecule has 3 aromatic heterocycles. The molecule has 0 aliphatic heterocycles. The second-order valence-electron chi connectivity index (χ2n) is 6.20. The molecule has 0 radical (unpaired) electrons. The number of thioether (sulfide) groups is 1. The van der Waals surface area contributed by atoms with E-state index in [0.29, 0.717) is 33.8 Å². The summed E-state index contributed by atoms with van der Waals surface area (Å²) in [6, 6.07) is 14.5. The highest BCUT2D eigenvalue weighted by atomic mass is 32.2. The van der Waals surface area contributed by atoms with E-state index < -0.39 is 0 Å². The van der Waals surface area contributed by atoms with E-state index in [1.807, 2.05) is 19.1 Å². The first-order valence-electron chi connectivity index (χ1n) is 8.93. The standard InChI is InChI=1S/C21H19N3O4S/c1-13(20(25)22-14-7-9-15(26-2)10-8-14)29-21-23-18(16-5-3-11-27-16)19(24-21)17-6-4-12-28-17/h3-13H,1-2H3,(H,22,25)(H,23,24). The second kappa shape index (κ2) is 8.32. The second-order valence-corrected chi connectivity index (χ2v) is 7.53. The van der Waals surface area contributed by atoms with Crippen molar-refractivity contribution < 1.29 is 18.4 Å². The van der Waals surface area contributed by atoms with E-state index in [9.17, 15) is 4.79 Å². The first-order valence-corrected chi connectivity index (χ1v) is 9.81. The van der Waals surface area contributed by atoms with Gasteiger partial charge in [-0.3, -0.25) is 4.79 Å². The lowest BCUT2D eigenvalue weighted by atomic mass is 10.2. The van der Waals surface area contributed by atoms with E-state index >= 15 is 0 Å². The number of aromatic nitrogens is 2. The van der Waals surface area contributed by atoms with Crippen molar-refractivity contribution in [3.8, 4) is 28.7 Å². The fourth-order valence-electron chi connectivity index (χ4n) is 2.74. The predicted molar refractivity (Wildman–Crippen MR) is 111 cm³/mol. The number of imidazole rings is 1. The Morgan fingerprint density at radius 1 is 1.10 bits per heavy atom. The van der Waals surface area contributed by atoms with Gasteiger partial charge in [-0.25, -0.2) is 4.98 Å². The molecule has 0 bridgehead atoms. The first kappa shape index (κ1) is 18.9. The van der Waals surface area contributed by atoms with E-state index in [1.165, 1.54) is 11.8 Å². The van der Waals surface area contributed by atoms with Gasteiger partial charge in [0.15, 0.2) is 16.7 Å². The Labute approximate surface area is 171 Å². The molecule has 8 heteroatoms. The highest BCUT2D eigenvalue weighted by Crippen LogP contribution is 2.34. The van der Waals surface area contributed by atoms with Gasteiger partial charge in [0.2, 0.25) is 5.91 Å². The number of ether oxygens (including phenoxy) is 1. The van der Waals surface area contributed by atoms with Crippen molar-refractivity contribution in [1.82, 2.24) is 9.97 Å². The van der Waals surface area contributed by atoms with Crippen LogP contribution in [0.15, 0.2) is 75.0 Å². The Morgan fingerprint density at radius 3 is 2.41 bits per heavy atom. The van der Waals surface area contributed by atoms with Gasteiger partial charge >= 0.3 is 0 Å². The number of rotatable bonds is 7. The third kappa shape index (κ3) is 4.22. The molecule has 29 heavy (non-hydrogen) atoms. The number of furan rings is 2. The molecule has 148 valence electrons. The summed E-state index contributed by atoms with van der Waals surface area (Å²) in [6.45, 7) is 1.82. The number of nitrogens with zero attached hydrogens (tertiary/aromatic N) is 1. The number of methoxy groups -OCH3 is 1. The molecule has 1 amide bonds. The van der Waals surface area contributed by atoms with Crippen LogP contribution < -0.4 is 10.1 Å². The van der Waals surface area contributed by atoms with Crippen molar-refractivity contribution in [2.24, 2.45) is 0 Å². The van der Waals surface area contributed by atoms with Crippen LogP contribution in [0, 0.1) is 0 Å². The monoisotopic (exact) mass is 409 g/mol. The molecule has 0 saturated carbocycles. The SMILES string of the molecule is COc1ccc(NC(=O)C(C)Sc2nc(-c3ccco3)c(-c3ccco3)[nH]2)cc1. The topological polar surface area (TPSA) is 93.3 Å². The summed E-state index contributed by atoms with van der Waals surface area (Å²) < 4.78 is 16.1. The summed E-state index contributed by atoms with van der Waals surface area (Å²) in [5.74, 6) is 1.87. The van der Waals surface area contributed by atoms with Crippen LogP contribution in [-0.4, -0.2) is 28.2 Å². The van der Waals surface area contributed by atoms with Crippen LogP contribution in [0.1, 0.15) is 6.92 Å². The molecule has 0 aliphatic carbocycles. The number of nitrogens with one attached hydrogen (secondary N) is 2. The smallest absolute Gasteiger partial charge is 0.237 e. The van der Waals surface area contributed by atoms with Gasteiger partial charge in [-0.1, -0.05) is 11.8 Å². The highest BCUT2D eigenvalue weighted by Gasteiger charge is 2.22. The molecule has 1 unspecified atom stereocenters. The molecule has 3 heterocycles. The van der Waals surface area contributed by atoms with Crippen LogP contribution >= 0.6 is 11.8 Å². The molecule has 4 aromatic rings. The van der Waals surface area contributed by atoms with Crippen molar-refractivity contribution in [2.45, 2.75) is 17.3 Å². The molecule has 1 atom stereocenters. The molecule has 2 N–H and O–H groups in total. The van der Waals surface area contributed by atoms with E-state index in [-0.39, 0.29) is 11.2 Å². The van der Waals surface area contributed by atoms with Crippen molar-refractivity contribution in [3.05, 3.63) is 61.1 Å². The van der Waals surface area contributed by atoms with Crippen molar-refractivity contribution in [3.63, 3.8) is 0 Å². The maximum absolute atomic E-state index is 12.6. The van der Waals surface area contributed by atoms with Crippen LogP contribution in [0.4, 0.5) is 5.69 Å². The summed E-state index contributed by atoms with van der Waals surface area (Å²) in [5.41, 5.74) is 2.04. The summed E-state index contributed by atoms with van der Waals surface area (Å²) in [6.07, 6.45) is 3.19. The van der Waals surface area contributed by atoms with Crippen LogP contribution in [0.5, 0.6) is 5.75 Å². The highest BCUT2D eigenvalue weighted by molar-refractivity contribution is 8.00. The van der Waals surface area contributed by atoms with Crippen molar-refractivity contribution in [2.75, 3.05) is 12.4 Å². The van der Waals surface area contributed by atoms with Crippen LogP contribution in [0.25, 0.3) is 22.9 Å². The Kier molecular flexibility index (Phi) is 5.44. The van der Waals surface area contributed by atoms with Gasteiger partial charge in [-0.15, -0.1) is 0 Å². The fraction of sp³-hybridized carbons (Fsp3) is 0.143. The molecule has 1 aromatic carbocycles. The molecule has 0 fully saturated rings. The number of carbonyl (C=O) groups is 1. The van der Waals surface area contributed by atoms with Gasteiger partial charge in [0.1, 0.15) is 17.1 Å². The zero-order chi connectivity index (χ0) is 20.2. The lowest BCUT2D eigenvalue weighted by Crippen LogP contribution is -2.22. The zero-order valence-electron chi connectivity index (χ0n) is 15.8. The Balaban J connectivity index is 1.51. The number of H-pyrrole nitrogens is 1. The average molecular weight is 409 g/mol. The molecular weight excluding hydrogens is 390 g/mol. The Hall–Kier alpha value is -3.39. The molecule has 7 nitrogen and oxygen atoms in total. The normalized spacial score (nSPS) is 11.9. The largest absolute Gasteiger partial charge is 0.497 e. The molecule has 0 spiro atoms. The maximum atomic E-state index is 12.6. The quantitative estimate of drug-likeness (QED) is 0.415. The molecule has 4 rings (SSSR count). The van der Waals surface area contributed by atoms with Gasteiger partial charge in [0.05, 0.1) is 24.9 Å². The van der Waals surface area contributed by atoms with Gasteiger partial charge < -0.3 is 23.9 Å². The Bertz CT molecular complexity index is 1020. The van der Waals surface area contributed by atoms with Crippen LogP contribution in [0.3, 0.4) is 0 Å². The minimum atomic E-state index is -0.378. The predicted octanol–water partition coefficient (Wildman–Crippen LogP) is 5.06. The molecule has 0 saturated heterocycles. The maximum Gasteiger partial charge on any atom is 0.237 e. The minimum absolute atomic E-state index is 0.129. The summed E-state index contributed by atoms with van der Waals surface area (Å²) in [7, 11) is 1.60. The molecule has 0 aliphatic rings. The first-order chi connectivity index (χ1) is 14.1. The minimum Gasteiger partial charge on any atom is -0.497 e. The van der Waals surface area contributed by atoms with Gasteiger partial charge in [0, 0.05) is 5.69 Å². The third-order valence-corrected chi connectivity index (χ3v) is 5.20. The number of carbonyl (C=O) groups excluding carboxylic acids is 1. The van der Waals surface area contributed by atoms with Crippen LogP contribution in [0.2, 0.25) is 0 Å². The van der Waals surface area contributed by atoms with E-state index in [1.54, 1.807) is 56.0 Å². The van der Waals surface area contributed by atoms with Gasteiger partial charge in [0.25, 0.3) is 0 Å². The number of aromatic amines is 1. The fourth-order valence-corrected chi connectivity index (χ4v) is 3.54. The summed E-state index contributed by atoms with van der Waals surface area (Å²) >= 11 is 1.32. The van der Waals surface area contributed by atoms with Crippen LogP contribution in [-0.2, 0) is 4.79 Å². The van der Waals surface area contributed by atoms with E-state index in [4.69, 9.17) is 13.6 Å². The number of hydrogen-bond donors (Lipinski definition) is 2. The van der Waals surface area contributed by atoms with Gasteiger partial charge in [-0.2, -0.15) is 0 Å². The van der Waals surface area contributed by atoms with Crippen molar-refractivity contribution >= 4 is 23.4 Å². The zero-order valence-corrected chi connectivity index (χ0v) is 16.7. The summed E-state index contributed by atoms with van der Waals surface area (Å²) in [5, 5.41) is 3.12. The number of benzene rings is 1. The lowest BCUT2D eigenvalue weighted by molar-refractivity contribution is -0.115. The van der Waals surface area contributed by atoms with Gasteiger partial charge in [-0.05, 0) is 55.5 Å². The summed E-state index contributed by atoms with van der Waals surface area (Å²) in [4.78, 5) is 20.4. The molecular formula is C21H19N3O4S. The Morgan fingerprint density at radius 2 is 1.79 bits per heavy atom. The number of anilines is 1. The lowest BCUT2D eigenvalue weighted by Gasteiger charge is -2.11. The average Bonchev–Trinajstić information content (AvgIpc) is 3.49. The van der Waals surface area contributed by atoms with E-state index in [2.05, 4.69) is 15.3 Å². The van der Waals surface area contributed by atoms with E-state index in [0.717, 1.165) is 5.75 Å². The number of amides is 1.